The molecule has 0 radical (unpaired) electrons. The maximum absolute atomic E-state index is 13.7. The molecule has 120 valence electrons. The highest BCUT2D eigenvalue weighted by Gasteiger charge is 2.20. The smallest absolute Gasteiger partial charge is 0.272 e. The molecular formula is C17H19FN4O. The molecule has 1 aromatic carbocycles. The van der Waals surface area contributed by atoms with Crippen molar-refractivity contribution in [3.63, 3.8) is 0 Å². The van der Waals surface area contributed by atoms with Crippen LogP contribution in [-0.4, -0.2) is 33.9 Å². The van der Waals surface area contributed by atoms with Crippen LogP contribution < -0.4 is 5.32 Å². The van der Waals surface area contributed by atoms with Gasteiger partial charge in [0.15, 0.2) is 0 Å². The number of piperidine rings is 1. The SMILES string of the molecule is Cc1cc(C(=O)N2CCCCC2)nc(Nc2ccccc2F)n1. The first-order chi connectivity index (χ1) is 11.1. The van der Waals surface area contributed by atoms with Crippen molar-refractivity contribution >= 4 is 17.5 Å². The van der Waals surface area contributed by atoms with E-state index in [4.69, 9.17) is 0 Å². The summed E-state index contributed by atoms with van der Waals surface area (Å²) < 4.78 is 13.7. The van der Waals surface area contributed by atoms with Crippen molar-refractivity contribution in [3.05, 3.63) is 47.5 Å². The summed E-state index contributed by atoms with van der Waals surface area (Å²) in [6, 6.07) is 7.97. The highest BCUT2D eigenvalue weighted by Crippen LogP contribution is 2.18. The van der Waals surface area contributed by atoms with E-state index in [1.165, 1.54) is 6.07 Å². The van der Waals surface area contributed by atoms with Crippen LogP contribution in [0.4, 0.5) is 16.0 Å². The highest BCUT2D eigenvalue weighted by atomic mass is 19.1. The average Bonchev–Trinajstić information content (AvgIpc) is 2.56. The molecule has 1 saturated heterocycles. The van der Waals surface area contributed by atoms with Crippen LogP contribution in [0.5, 0.6) is 0 Å². The number of aryl methyl sites for hydroxylation is 1. The van der Waals surface area contributed by atoms with Gasteiger partial charge in [-0.1, -0.05) is 12.1 Å². The van der Waals surface area contributed by atoms with Gasteiger partial charge in [-0.3, -0.25) is 4.79 Å². The van der Waals surface area contributed by atoms with Gasteiger partial charge in [0.25, 0.3) is 5.91 Å². The number of carbonyl (C=O) groups is 1. The van der Waals surface area contributed by atoms with E-state index in [9.17, 15) is 9.18 Å². The number of halogens is 1. The summed E-state index contributed by atoms with van der Waals surface area (Å²) in [6.07, 6.45) is 3.21. The maximum atomic E-state index is 13.7. The van der Waals surface area contributed by atoms with E-state index in [0.29, 0.717) is 11.4 Å². The van der Waals surface area contributed by atoms with Gasteiger partial charge in [0.1, 0.15) is 11.5 Å². The summed E-state index contributed by atoms with van der Waals surface area (Å²) in [5, 5.41) is 2.84. The molecule has 2 aromatic rings. The second-order valence-electron chi connectivity index (χ2n) is 5.68. The Kier molecular flexibility index (Phi) is 4.50. The van der Waals surface area contributed by atoms with Crippen molar-refractivity contribution < 1.29 is 9.18 Å². The number of rotatable bonds is 3. The minimum absolute atomic E-state index is 0.0909. The summed E-state index contributed by atoms with van der Waals surface area (Å²) in [6.45, 7) is 3.32. The molecule has 0 aliphatic carbocycles. The van der Waals surface area contributed by atoms with Gasteiger partial charge in [0.05, 0.1) is 5.69 Å². The van der Waals surface area contributed by atoms with Crippen molar-refractivity contribution in [1.29, 1.82) is 0 Å². The fourth-order valence-electron chi connectivity index (χ4n) is 2.68. The molecule has 0 unspecified atom stereocenters. The van der Waals surface area contributed by atoms with E-state index >= 15 is 0 Å². The molecule has 23 heavy (non-hydrogen) atoms. The Morgan fingerprint density at radius 2 is 1.91 bits per heavy atom. The molecule has 1 aromatic heterocycles. The standard InChI is InChI=1S/C17H19FN4O/c1-12-11-15(16(23)22-9-5-2-6-10-22)21-17(19-12)20-14-8-4-3-7-13(14)18/h3-4,7-8,11H,2,5-6,9-10H2,1H3,(H,19,20,21). The number of anilines is 2. The zero-order valence-electron chi connectivity index (χ0n) is 13.1. The van der Waals surface area contributed by atoms with Gasteiger partial charge in [-0.25, -0.2) is 14.4 Å². The lowest BCUT2D eigenvalue weighted by Gasteiger charge is -2.26. The third-order valence-corrected chi connectivity index (χ3v) is 3.84. The minimum Gasteiger partial charge on any atom is -0.337 e. The van der Waals surface area contributed by atoms with E-state index < -0.39 is 0 Å². The highest BCUT2D eigenvalue weighted by molar-refractivity contribution is 5.92. The van der Waals surface area contributed by atoms with Crippen LogP contribution in [0.25, 0.3) is 0 Å². The molecule has 1 N–H and O–H groups in total. The van der Waals surface area contributed by atoms with Gasteiger partial charge in [-0.15, -0.1) is 0 Å². The Bertz CT molecular complexity index is 713. The summed E-state index contributed by atoms with van der Waals surface area (Å²) in [7, 11) is 0. The number of amides is 1. The lowest BCUT2D eigenvalue weighted by atomic mass is 10.1. The Balaban J connectivity index is 1.84. The maximum Gasteiger partial charge on any atom is 0.272 e. The molecule has 1 fully saturated rings. The zero-order chi connectivity index (χ0) is 16.2. The summed E-state index contributed by atoms with van der Waals surface area (Å²) in [5.41, 5.74) is 1.30. The molecule has 0 atom stereocenters. The number of hydrogen-bond acceptors (Lipinski definition) is 4. The van der Waals surface area contributed by atoms with E-state index in [0.717, 1.165) is 32.4 Å². The Hall–Kier alpha value is -2.50. The molecule has 1 aliphatic heterocycles. The van der Waals surface area contributed by atoms with E-state index in [-0.39, 0.29) is 23.4 Å². The number of aromatic nitrogens is 2. The lowest BCUT2D eigenvalue weighted by molar-refractivity contribution is 0.0718. The van der Waals surface area contributed by atoms with E-state index in [1.54, 1.807) is 31.2 Å². The molecule has 5 nitrogen and oxygen atoms in total. The molecule has 0 saturated carbocycles. The quantitative estimate of drug-likeness (QED) is 0.944. The molecule has 0 bridgehead atoms. The van der Waals surface area contributed by atoms with E-state index in [1.807, 2.05) is 4.90 Å². The predicted molar refractivity (Wildman–Crippen MR) is 86.2 cm³/mol. The van der Waals surface area contributed by atoms with Gasteiger partial charge in [0.2, 0.25) is 5.95 Å². The largest absolute Gasteiger partial charge is 0.337 e. The monoisotopic (exact) mass is 314 g/mol. The Labute approximate surface area is 134 Å². The zero-order valence-corrected chi connectivity index (χ0v) is 13.1. The fraction of sp³-hybridized carbons (Fsp3) is 0.353. The van der Waals surface area contributed by atoms with Crippen molar-refractivity contribution in [2.45, 2.75) is 26.2 Å². The van der Waals surface area contributed by atoms with Crippen molar-refractivity contribution in [2.75, 3.05) is 18.4 Å². The minimum atomic E-state index is -0.387. The van der Waals surface area contributed by atoms with Gasteiger partial charge in [0, 0.05) is 18.8 Å². The number of benzene rings is 1. The normalized spacial score (nSPS) is 14.6. The molecule has 2 heterocycles. The van der Waals surface area contributed by atoms with Crippen LogP contribution >= 0.6 is 0 Å². The summed E-state index contributed by atoms with van der Waals surface area (Å²) in [5.74, 6) is -0.247. The fourth-order valence-corrected chi connectivity index (χ4v) is 2.68. The van der Waals surface area contributed by atoms with Crippen LogP contribution in [0, 0.1) is 12.7 Å². The van der Waals surface area contributed by atoms with Crippen molar-refractivity contribution in [1.82, 2.24) is 14.9 Å². The number of para-hydroxylation sites is 1. The molecule has 1 amide bonds. The van der Waals surface area contributed by atoms with Crippen molar-refractivity contribution in [2.24, 2.45) is 0 Å². The predicted octanol–water partition coefficient (Wildman–Crippen LogP) is 3.29. The lowest BCUT2D eigenvalue weighted by Crippen LogP contribution is -2.36. The number of likely N-dealkylation sites (tertiary alicyclic amines) is 1. The van der Waals surface area contributed by atoms with E-state index in [2.05, 4.69) is 15.3 Å². The first-order valence-electron chi connectivity index (χ1n) is 7.80. The topological polar surface area (TPSA) is 58.1 Å². The second-order valence-corrected chi connectivity index (χ2v) is 5.68. The van der Waals surface area contributed by atoms with Crippen LogP contribution in [0.3, 0.4) is 0 Å². The third-order valence-electron chi connectivity index (χ3n) is 3.84. The molecule has 6 heteroatoms. The summed E-state index contributed by atoms with van der Waals surface area (Å²) >= 11 is 0. The third kappa shape index (κ3) is 3.64. The second kappa shape index (κ2) is 6.73. The van der Waals surface area contributed by atoms with Crippen LogP contribution in [0.1, 0.15) is 35.4 Å². The van der Waals surface area contributed by atoms with Crippen LogP contribution in [0.15, 0.2) is 30.3 Å². The molecule has 3 rings (SSSR count). The number of nitrogens with zero attached hydrogens (tertiary/aromatic N) is 3. The van der Waals surface area contributed by atoms with Gasteiger partial charge < -0.3 is 10.2 Å². The number of nitrogens with one attached hydrogen (secondary N) is 1. The molecular weight excluding hydrogens is 295 g/mol. The van der Waals surface area contributed by atoms with Gasteiger partial charge in [-0.2, -0.15) is 0 Å². The number of carbonyl (C=O) groups excluding carboxylic acids is 1. The summed E-state index contributed by atoms with van der Waals surface area (Å²) in [4.78, 5) is 22.9. The first-order valence-corrected chi connectivity index (χ1v) is 7.80. The average molecular weight is 314 g/mol. The molecule has 1 aliphatic rings. The van der Waals surface area contributed by atoms with Crippen LogP contribution in [0.2, 0.25) is 0 Å². The number of hydrogen-bond donors (Lipinski definition) is 1. The van der Waals surface area contributed by atoms with Crippen molar-refractivity contribution in [3.8, 4) is 0 Å². The van der Waals surface area contributed by atoms with Gasteiger partial charge in [-0.05, 0) is 44.4 Å². The Morgan fingerprint density at radius 3 is 2.65 bits per heavy atom. The van der Waals surface area contributed by atoms with Crippen LogP contribution in [-0.2, 0) is 0 Å². The first kappa shape index (κ1) is 15.4. The van der Waals surface area contributed by atoms with Gasteiger partial charge >= 0.3 is 0 Å². The Morgan fingerprint density at radius 1 is 1.17 bits per heavy atom. The molecule has 0 spiro atoms.